The number of ketones is 2. The van der Waals surface area contributed by atoms with Crippen molar-refractivity contribution >= 4 is 33.5 Å². The van der Waals surface area contributed by atoms with E-state index in [1.807, 2.05) is 0 Å². The highest BCUT2D eigenvalue weighted by atomic mass is 16.3. The van der Waals surface area contributed by atoms with Gasteiger partial charge >= 0.3 is 0 Å². The standard InChI is InChI=1S/C26H16O5/c27-19-7-1-15(2-8-19)25(29)17-5-11-23-21(13-17)22-14-18(6-12-24(22)31-23)26(30)16-3-9-20(28)10-4-16/h1-14,27-28H. The second-order valence-electron chi connectivity index (χ2n) is 7.28. The van der Waals surface area contributed by atoms with Crippen LogP contribution in [0.2, 0.25) is 0 Å². The number of aromatic hydroxyl groups is 2. The summed E-state index contributed by atoms with van der Waals surface area (Å²) >= 11 is 0. The molecule has 4 aromatic carbocycles. The number of furan rings is 1. The summed E-state index contributed by atoms with van der Waals surface area (Å²) in [7, 11) is 0. The zero-order valence-corrected chi connectivity index (χ0v) is 16.2. The van der Waals surface area contributed by atoms with Crippen LogP contribution in [0.3, 0.4) is 0 Å². The lowest BCUT2D eigenvalue weighted by Crippen LogP contribution is -2.01. The van der Waals surface area contributed by atoms with Crippen LogP contribution in [0.25, 0.3) is 21.9 Å². The Balaban J connectivity index is 1.58. The van der Waals surface area contributed by atoms with Gasteiger partial charge in [0.2, 0.25) is 0 Å². The number of fused-ring (bicyclic) bond motifs is 3. The van der Waals surface area contributed by atoms with Gasteiger partial charge in [0.15, 0.2) is 11.6 Å². The Hall–Kier alpha value is -4.38. The van der Waals surface area contributed by atoms with E-state index < -0.39 is 0 Å². The van der Waals surface area contributed by atoms with Crippen LogP contribution in [0.5, 0.6) is 11.5 Å². The van der Waals surface area contributed by atoms with Crippen LogP contribution in [-0.4, -0.2) is 21.8 Å². The van der Waals surface area contributed by atoms with Crippen molar-refractivity contribution in [3.05, 3.63) is 107 Å². The lowest BCUT2D eigenvalue weighted by atomic mass is 9.99. The van der Waals surface area contributed by atoms with Gasteiger partial charge in [0.05, 0.1) is 0 Å². The summed E-state index contributed by atoms with van der Waals surface area (Å²) in [5.74, 6) is -0.155. The summed E-state index contributed by atoms with van der Waals surface area (Å²) in [6, 6.07) is 22.6. The van der Waals surface area contributed by atoms with Crippen LogP contribution in [0.4, 0.5) is 0 Å². The molecular weight excluding hydrogens is 392 g/mol. The second kappa shape index (κ2) is 7.15. The number of phenols is 2. The Morgan fingerprint density at radius 1 is 0.516 bits per heavy atom. The fourth-order valence-electron chi connectivity index (χ4n) is 3.62. The van der Waals surface area contributed by atoms with Gasteiger partial charge in [0.25, 0.3) is 0 Å². The van der Waals surface area contributed by atoms with Crippen molar-refractivity contribution in [3.8, 4) is 11.5 Å². The zero-order valence-electron chi connectivity index (χ0n) is 16.2. The maximum Gasteiger partial charge on any atom is 0.193 e. The van der Waals surface area contributed by atoms with E-state index in [0.717, 1.165) is 10.8 Å². The number of phenolic OH excluding ortho intramolecular Hbond substituents is 2. The monoisotopic (exact) mass is 408 g/mol. The summed E-state index contributed by atoms with van der Waals surface area (Å²) in [5.41, 5.74) is 3.13. The molecular formula is C26H16O5. The molecule has 0 atom stereocenters. The molecule has 31 heavy (non-hydrogen) atoms. The van der Waals surface area contributed by atoms with Gasteiger partial charge in [0.1, 0.15) is 22.7 Å². The van der Waals surface area contributed by atoms with E-state index in [0.29, 0.717) is 33.4 Å². The molecule has 0 spiro atoms. The first-order chi connectivity index (χ1) is 15.0. The first-order valence-corrected chi connectivity index (χ1v) is 9.63. The van der Waals surface area contributed by atoms with Gasteiger partial charge in [-0.05, 0) is 84.9 Å². The normalized spacial score (nSPS) is 11.1. The van der Waals surface area contributed by atoms with E-state index in [9.17, 15) is 19.8 Å². The van der Waals surface area contributed by atoms with Gasteiger partial charge in [-0.2, -0.15) is 0 Å². The minimum Gasteiger partial charge on any atom is -0.508 e. The average molecular weight is 408 g/mol. The van der Waals surface area contributed by atoms with Crippen molar-refractivity contribution in [3.63, 3.8) is 0 Å². The minimum absolute atomic E-state index is 0.0960. The van der Waals surface area contributed by atoms with Gasteiger partial charge in [-0.1, -0.05) is 0 Å². The summed E-state index contributed by atoms with van der Waals surface area (Å²) in [6.07, 6.45) is 0. The predicted octanol–water partition coefficient (Wildman–Crippen LogP) is 5.46. The van der Waals surface area contributed by atoms with Crippen LogP contribution >= 0.6 is 0 Å². The maximum absolute atomic E-state index is 12.9. The molecule has 0 radical (unpaired) electrons. The largest absolute Gasteiger partial charge is 0.508 e. The number of benzene rings is 4. The summed E-state index contributed by atoms with van der Waals surface area (Å²) in [6.45, 7) is 0. The highest BCUT2D eigenvalue weighted by Gasteiger charge is 2.16. The van der Waals surface area contributed by atoms with Crippen molar-refractivity contribution in [2.24, 2.45) is 0 Å². The number of carbonyl (C=O) groups excluding carboxylic acids is 2. The van der Waals surface area contributed by atoms with E-state index in [1.165, 1.54) is 24.3 Å². The number of rotatable bonds is 4. The van der Waals surface area contributed by atoms with Gasteiger partial charge < -0.3 is 14.6 Å². The lowest BCUT2D eigenvalue weighted by Gasteiger charge is -2.03. The molecule has 0 fully saturated rings. The molecule has 0 aliphatic heterocycles. The fraction of sp³-hybridized carbons (Fsp3) is 0. The van der Waals surface area contributed by atoms with Crippen molar-refractivity contribution in [1.29, 1.82) is 0 Å². The molecule has 2 N–H and O–H groups in total. The molecule has 5 heteroatoms. The summed E-state index contributed by atoms with van der Waals surface area (Å²) in [4.78, 5) is 25.7. The highest BCUT2D eigenvalue weighted by molar-refractivity contribution is 6.16. The molecule has 1 aromatic heterocycles. The molecule has 0 saturated carbocycles. The molecule has 0 bridgehead atoms. The summed E-state index contributed by atoms with van der Waals surface area (Å²) < 4.78 is 5.88. The van der Waals surface area contributed by atoms with Gasteiger partial charge in [-0.3, -0.25) is 9.59 Å². The van der Waals surface area contributed by atoms with Crippen molar-refractivity contribution < 1.29 is 24.2 Å². The van der Waals surface area contributed by atoms with Crippen molar-refractivity contribution in [2.75, 3.05) is 0 Å². The third-order valence-corrected chi connectivity index (χ3v) is 5.25. The Labute approximate surface area is 176 Å². The topological polar surface area (TPSA) is 87.7 Å². The molecule has 0 aliphatic carbocycles. The third kappa shape index (κ3) is 3.32. The van der Waals surface area contributed by atoms with E-state index in [1.54, 1.807) is 60.7 Å². The van der Waals surface area contributed by atoms with Crippen molar-refractivity contribution in [2.45, 2.75) is 0 Å². The zero-order chi connectivity index (χ0) is 21.5. The summed E-state index contributed by atoms with van der Waals surface area (Å²) in [5, 5.41) is 20.4. The van der Waals surface area contributed by atoms with Crippen LogP contribution < -0.4 is 0 Å². The lowest BCUT2D eigenvalue weighted by molar-refractivity contribution is 0.103. The second-order valence-corrected chi connectivity index (χ2v) is 7.28. The van der Waals surface area contributed by atoms with Crippen LogP contribution in [0.1, 0.15) is 31.8 Å². The van der Waals surface area contributed by atoms with Crippen molar-refractivity contribution in [1.82, 2.24) is 0 Å². The van der Waals surface area contributed by atoms with E-state index >= 15 is 0 Å². The number of carbonyl (C=O) groups is 2. The molecule has 1 heterocycles. The number of hydrogen-bond acceptors (Lipinski definition) is 5. The Kier molecular flexibility index (Phi) is 4.30. The Bertz CT molecular complexity index is 1350. The SMILES string of the molecule is O=C(c1ccc(O)cc1)c1ccc2oc3ccc(C(=O)c4ccc(O)cc4)cc3c2c1. The Morgan fingerprint density at radius 2 is 0.871 bits per heavy atom. The van der Waals surface area contributed by atoms with E-state index in [2.05, 4.69) is 0 Å². The predicted molar refractivity (Wildman–Crippen MR) is 117 cm³/mol. The molecule has 150 valence electrons. The average Bonchev–Trinajstić information content (AvgIpc) is 3.16. The van der Waals surface area contributed by atoms with E-state index in [4.69, 9.17) is 4.42 Å². The molecule has 5 rings (SSSR count). The smallest absolute Gasteiger partial charge is 0.193 e. The number of hydrogen-bond donors (Lipinski definition) is 2. The van der Waals surface area contributed by atoms with Gasteiger partial charge in [-0.25, -0.2) is 0 Å². The molecule has 0 aliphatic rings. The molecule has 0 unspecified atom stereocenters. The minimum atomic E-state index is -0.174. The van der Waals surface area contributed by atoms with Gasteiger partial charge in [-0.15, -0.1) is 0 Å². The first-order valence-electron chi connectivity index (χ1n) is 9.63. The van der Waals surface area contributed by atoms with E-state index in [-0.39, 0.29) is 23.1 Å². The van der Waals surface area contributed by atoms with Crippen LogP contribution in [-0.2, 0) is 0 Å². The van der Waals surface area contributed by atoms with Crippen LogP contribution in [0, 0.1) is 0 Å². The van der Waals surface area contributed by atoms with Crippen LogP contribution in [0.15, 0.2) is 89.3 Å². The molecule has 0 amide bonds. The molecule has 5 nitrogen and oxygen atoms in total. The Morgan fingerprint density at radius 3 is 1.26 bits per heavy atom. The maximum atomic E-state index is 12.9. The fourth-order valence-corrected chi connectivity index (χ4v) is 3.62. The highest BCUT2D eigenvalue weighted by Crippen LogP contribution is 2.31. The quantitative estimate of drug-likeness (QED) is 0.386. The van der Waals surface area contributed by atoms with Gasteiger partial charge in [0, 0.05) is 33.0 Å². The third-order valence-electron chi connectivity index (χ3n) is 5.25. The first kappa shape index (κ1) is 18.6. The molecule has 0 saturated heterocycles. The molecule has 5 aromatic rings.